The molecule has 1 aliphatic carbocycles. The lowest BCUT2D eigenvalue weighted by Gasteiger charge is -2.16. The Morgan fingerprint density at radius 2 is 2.23 bits per heavy atom. The summed E-state index contributed by atoms with van der Waals surface area (Å²) in [5, 5.41) is 13.0. The molecule has 3 atom stereocenters. The fourth-order valence-electron chi connectivity index (χ4n) is 1.91. The first kappa shape index (κ1) is 11.0. The number of aliphatic hydroxyl groups excluding tert-OH is 1. The van der Waals surface area contributed by atoms with Gasteiger partial charge in [0.25, 0.3) is 0 Å². The second-order valence-corrected chi connectivity index (χ2v) is 4.43. The molecule has 0 spiro atoms. The topological polar surface area (TPSA) is 32.3 Å². The molecule has 0 aromatic carbocycles. The Kier molecular flexibility index (Phi) is 4.74. The van der Waals surface area contributed by atoms with Crippen LogP contribution in [0.25, 0.3) is 0 Å². The van der Waals surface area contributed by atoms with Crippen LogP contribution in [0.1, 0.15) is 39.5 Å². The molecular weight excluding hydrogens is 162 g/mol. The molecule has 0 aromatic rings. The van der Waals surface area contributed by atoms with Gasteiger partial charge < -0.3 is 10.4 Å². The summed E-state index contributed by atoms with van der Waals surface area (Å²) in [6.07, 6.45) is 4.62. The van der Waals surface area contributed by atoms with Crippen molar-refractivity contribution in [3.63, 3.8) is 0 Å². The van der Waals surface area contributed by atoms with E-state index in [9.17, 15) is 5.11 Å². The van der Waals surface area contributed by atoms with E-state index < -0.39 is 0 Å². The molecular formula is C11H23NO. The fraction of sp³-hybridized carbons (Fsp3) is 1.00. The third kappa shape index (κ3) is 3.65. The molecule has 78 valence electrons. The van der Waals surface area contributed by atoms with Gasteiger partial charge in [0.2, 0.25) is 0 Å². The van der Waals surface area contributed by atoms with E-state index >= 15 is 0 Å². The summed E-state index contributed by atoms with van der Waals surface area (Å²) in [6.45, 7) is 6.58. The fourth-order valence-corrected chi connectivity index (χ4v) is 1.91. The molecule has 0 amide bonds. The predicted molar refractivity (Wildman–Crippen MR) is 55.7 cm³/mol. The van der Waals surface area contributed by atoms with Crippen molar-refractivity contribution in [2.45, 2.75) is 45.6 Å². The summed E-state index contributed by atoms with van der Waals surface area (Å²) in [5.41, 5.74) is 0. The Labute approximate surface area is 81.7 Å². The van der Waals surface area contributed by atoms with E-state index in [-0.39, 0.29) is 6.10 Å². The highest BCUT2D eigenvalue weighted by atomic mass is 16.3. The molecule has 0 heterocycles. The molecule has 0 saturated heterocycles. The van der Waals surface area contributed by atoms with Gasteiger partial charge in [0, 0.05) is 6.54 Å². The van der Waals surface area contributed by atoms with Gasteiger partial charge in [0.15, 0.2) is 0 Å². The van der Waals surface area contributed by atoms with Crippen LogP contribution < -0.4 is 5.32 Å². The van der Waals surface area contributed by atoms with Crippen molar-refractivity contribution < 1.29 is 5.11 Å². The van der Waals surface area contributed by atoms with Gasteiger partial charge in [0.05, 0.1) is 6.10 Å². The summed E-state index contributed by atoms with van der Waals surface area (Å²) >= 11 is 0. The maximum atomic E-state index is 9.57. The SMILES string of the molecule is CCC(C)CNCC1CCCC1O. The van der Waals surface area contributed by atoms with Gasteiger partial charge >= 0.3 is 0 Å². The zero-order chi connectivity index (χ0) is 9.68. The smallest absolute Gasteiger partial charge is 0.0580 e. The van der Waals surface area contributed by atoms with Crippen molar-refractivity contribution in [3.05, 3.63) is 0 Å². The molecule has 1 fully saturated rings. The first-order valence-corrected chi connectivity index (χ1v) is 5.62. The number of rotatable bonds is 5. The maximum Gasteiger partial charge on any atom is 0.0580 e. The number of hydrogen-bond acceptors (Lipinski definition) is 2. The molecule has 2 N–H and O–H groups in total. The minimum absolute atomic E-state index is 0.0376. The first-order chi connectivity index (χ1) is 6.24. The number of aliphatic hydroxyl groups is 1. The highest BCUT2D eigenvalue weighted by molar-refractivity contribution is 4.78. The van der Waals surface area contributed by atoms with Gasteiger partial charge in [-0.15, -0.1) is 0 Å². The van der Waals surface area contributed by atoms with Gasteiger partial charge in [-0.3, -0.25) is 0 Å². The zero-order valence-corrected chi connectivity index (χ0v) is 8.92. The highest BCUT2D eigenvalue weighted by Gasteiger charge is 2.24. The average Bonchev–Trinajstić information content (AvgIpc) is 2.52. The van der Waals surface area contributed by atoms with Crippen molar-refractivity contribution in [2.24, 2.45) is 11.8 Å². The molecule has 0 aliphatic heterocycles. The summed E-state index contributed by atoms with van der Waals surface area (Å²) in [6, 6.07) is 0. The van der Waals surface area contributed by atoms with E-state index in [1.54, 1.807) is 0 Å². The average molecular weight is 185 g/mol. The van der Waals surface area contributed by atoms with Gasteiger partial charge in [0.1, 0.15) is 0 Å². The lowest BCUT2D eigenvalue weighted by molar-refractivity contribution is 0.131. The summed E-state index contributed by atoms with van der Waals surface area (Å²) in [4.78, 5) is 0. The highest BCUT2D eigenvalue weighted by Crippen LogP contribution is 2.24. The predicted octanol–water partition coefficient (Wildman–Crippen LogP) is 1.78. The van der Waals surface area contributed by atoms with Gasteiger partial charge in [-0.05, 0) is 31.2 Å². The molecule has 1 aliphatic rings. The standard InChI is InChI=1S/C11H23NO/c1-3-9(2)7-12-8-10-5-4-6-11(10)13/h9-13H,3-8H2,1-2H3. The Bertz CT molecular complexity index is 138. The van der Waals surface area contributed by atoms with E-state index in [0.29, 0.717) is 5.92 Å². The zero-order valence-electron chi connectivity index (χ0n) is 8.92. The van der Waals surface area contributed by atoms with Crippen molar-refractivity contribution >= 4 is 0 Å². The minimum Gasteiger partial charge on any atom is -0.393 e. The van der Waals surface area contributed by atoms with Crippen LogP contribution in [0.15, 0.2) is 0 Å². The van der Waals surface area contributed by atoms with Gasteiger partial charge in [-0.2, -0.15) is 0 Å². The normalized spacial score (nSPS) is 30.7. The number of nitrogens with one attached hydrogen (secondary N) is 1. The maximum absolute atomic E-state index is 9.57. The van der Waals surface area contributed by atoms with E-state index in [0.717, 1.165) is 25.4 Å². The molecule has 1 rings (SSSR count). The Hall–Kier alpha value is -0.0800. The third-order valence-electron chi connectivity index (χ3n) is 3.22. The largest absolute Gasteiger partial charge is 0.393 e. The van der Waals surface area contributed by atoms with Crippen molar-refractivity contribution in [1.82, 2.24) is 5.32 Å². The van der Waals surface area contributed by atoms with E-state index in [4.69, 9.17) is 0 Å². The van der Waals surface area contributed by atoms with E-state index in [2.05, 4.69) is 19.2 Å². The first-order valence-electron chi connectivity index (χ1n) is 5.62. The number of hydrogen-bond donors (Lipinski definition) is 2. The quantitative estimate of drug-likeness (QED) is 0.684. The van der Waals surface area contributed by atoms with Crippen LogP contribution in [0.5, 0.6) is 0 Å². The Morgan fingerprint density at radius 1 is 1.46 bits per heavy atom. The van der Waals surface area contributed by atoms with Crippen LogP contribution in [0.4, 0.5) is 0 Å². The summed E-state index contributed by atoms with van der Waals surface area (Å²) in [5.74, 6) is 1.28. The molecule has 0 radical (unpaired) electrons. The molecule has 2 heteroatoms. The lowest BCUT2D eigenvalue weighted by atomic mass is 10.1. The van der Waals surface area contributed by atoms with Crippen molar-refractivity contribution in [2.75, 3.05) is 13.1 Å². The van der Waals surface area contributed by atoms with Crippen LogP contribution in [0.2, 0.25) is 0 Å². The molecule has 0 aromatic heterocycles. The Balaban J connectivity index is 2.05. The summed E-state index contributed by atoms with van der Waals surface area (Å²) < 4.78 is 0. The third-order valence-corrected chi connectivity index (χ3v) is 3.22. The summed E-state index contributed by atoms with van der Waals surface area (Å²) in [7, 11) is 0. The van der Waals surface area contributed by atoms with E-state index in [1.807, 2.05) is 0 Å². The van der Waals surface area contributed by atoms with Gasteiger partial charge in [-0.1, -0.05) is 26.7 Å². The minimum atomic E-state index is -0.0376. The second-order valence-electron chi connectivity index (χ2n) is 4.43. The van der Waals surface area contributed by atoms with E-state index in [1.165, 1.54) is 19.3 Å². The van der Waals surface area contributed by atoms with Gasteiger partial charge in [-0.25, -0.2) is 0 Å². The molecule has 1 saturated carbocycles. The van der Waals surface area contributed by atoms with Crippen LogP contribution in [0.3, 0.4) is 0 Å². The second kappa shape index (κ2) is 5.61. The molecule has 3 unspecified atom stereocenters. The monoisotopic (exact) mass is 185 g/mol. The Morgan fingerprint density at radius 3 is 2.77 bits per heavy atom. The molecule has 0 bridgehead atoms. The van der Waals surface area contributed by atoms with Crippen LogP contribution in [-0.4, -0.2) is 24.3 Å². The van der Waals surface area contributed by atoms with Crippen LogP contribution in [0, 0.1) is 11.8 Å². The van der Waals surface area contributed by atoms with Crippen LogP contribution in [-0.2, 0) is 0 Å². The molecule has 2 nitrogen and oxygen atoms in total. The van der Waals surface area contributed by atoms with Crippen molar-refractivity contribution in [3.8, 4) is 0 Å². The van der Waals surface area contributed by atoms with Crippen LogP contribution >= 0.6 is 0 Å². The molecule has 13 heavy (non-hydrogen) atoms. The van der Waals surface area contributed by atoms with Crippen molar-refractivity contribution in [1.29, 1.82) is 0 Å². The lowest BCUT2D eigenvalue weighted by Crippen LogP contribution is -2.30.